The van der Waals surface area contributed by atoms with E-state index < -0.39 is 33.7 Å². The maximum absolute atomic E-state index is 13.0. The standard InChI is InChI=1S/C8H3F2N5O3S/c9-4-1-3(6(15(17)18)2-5(4)10)7(16)11-8-12-13-14-19-8/h1-2H,(H,11,12,14,16). The summed E-state index contributed by atoms with van der Waals surface area (Å²) in [6, 6.07) is 0.778. The average molecular weight is 287 g/mol. The highest BCUT2D eigenvalue weighted by Crippen LogP contribution is 2.23. The minimum Gasteiger partial charge on any atom is -0.295 e. The van der Waals surface area contributed by atoms with Crippen LogP contribution < -0.4 is 5.32 Å². The zero-order valence-electron chi connectivity index (χ0n) is 8.83. The molecular formula is C8H3F2N5O3S. The van der Waals surface area contributed by atoms with Crippen molar-refractivity contribution < 1.29 is 18.5 Å². The summed E-state index contributed by atoms with van der Waals surface area (Å²) in [5.74, 6) is -3.80. The van der Waals surface area contributed by atoms with Gasteiger partial charge in [-0.15, -0.1) is 0 Å². The van der Waals surface area contributed by atoms with E-state index in [0.29, 0.717) is 12.1 Å². The van der Waals surface area contributed by atoms with Gasteiger partial charge in [-0.05, 0) is 11.3 Å². The Bertz CT molecular complexity index is 648. The minimum atomic E-state index is -1.42. The van der Waals surface area contributed by atoms with E-state index in [2.05, 4.69) is 20.1 Å². The molecule has 0 radical (unpaired) electrons. The van der Waals surface area contributed by atoms with Gasteiger partial charge < -0.3 is 0 Å². The lowest BCUT2D eigenvalue weighted by atomic mass is 10.1. The Hall–Kier alpha value is -2.56. The first-order valence-corrected chi connectivity index (χ1v) is 5.36. The lowest BCUT2D eigenvalue weighted by Gasteiger charge is -2.03. The van der Waals surface area contributed by atoms with E-state index in [1.807, 2.05) is 0 Å². The van der Waals surface area contributed by atoms with Gasteiger partial charge in [0.1, 0.15) is 5.56 Å². The molecule has 8 nitrogen and oxygen atoms in total. The molecule has 11 heteroatoms. The van der Waals surface area contributed by atoms with Gasteiger partial charge in [-0.3, -0.25) is 20.2 Å². The van der Waals surface area contributed by atoms with Crippen molar-refractivity contribution in [2.24, 2.45) is 0 Å². The maximum Gasteiger partial charge on any atom is 0.285 e. The predicted octanol–water partition coefficient (Wildman–Crippen LogP) is 1.37. The zero-order valence-corrected chi connectivity index (χ0v) is 9.65. The van der Waals surface area contributed by atoms with E-state index in [1.54, 1.807) is 0 Å². The first-order chi connectivity index (χ1) is 8.99. The van der Waals surface area contributed by atoms with Gasteiger partial charge >= 0.3 is 0 Å². The molecule has 98 valence electrons. The number of carbonyl (C=O) groups excluding carboxylic acids is 1. The molecule has 0 bridgehead atoms. The van der Waals surface area contributed by atoms with Crippen molar-refractivity contribution in [1.29, 1.82) is 0 Å². The van der Waals surface area contributed by atoms with Gasteiger partial charge in [-0.25, -0.2) is 8.78 Å². The van der Waals surface area contributed by atoms with Crippen LogP contribution in [-0.2, 0) is 0 Å². The van der Waals surface area contributed by atoms with Crippen molar-refractivity contribution in [3.63, 3.8) is 0 Å². The number of aromatic nitrogens is 3. The van der Waals surface area contributed by atoms with Gasteiger partial charge in [0.2, 0.25) is 5.13 Å². The molecule has 0 atom stereocenters. The van der Waals surface area contributed by atoms with E-state index >= 15 is 0 Å². The van der Waals surface area contributed by atoms with Crippen molar-refractivity contribution in [2.45, 2.75) is 0 Å². The quantitative estimate of drug-likeness (QED) is 0.674. The first kappa shape index (κ1) is 12.9. The molecule has 0 unspecified atom stereocenters. The van der Waals surface area contributed by atoms with Gasteiger partial charge in [-0.2, -0.15) is 0 Å². The van der Waals surface area contributed by atoms with Gasteiger partial charge in [0.25, 0.3) is 11.6 Å². The van der Waals surface area contributed by atoms with Gasteiger partial charge in [0, 0.05) is 11.5 Å². The SMILES string of the molecule is O=C(Nc1nnns1)c1cc(F)c(F)cc1[N+](=O)[O-]. The third-order valence-electron chi connectivity index (χ3n) is 2.00. The van der Waals surface area contributed by atoms with Crippen LogP contribution in [0, 0.1) is 21.7 Å². The monoisotopic (exact) mass is 287 g/mol. The summed E-state index contributed by atoms with van der Waals surface area (Å²) in [6.45, 7) is 0. The summed E-state index contributed by atoms with van der Waals surface area (Å²) in [4.78, 5) is 21.4. The lowest BCUT2D eigenvalue weighted by molar-refractivity contribution is -0.385. The van der Waals surface area contributed by atoms with E-state index in [1.165, 1.54) is 0 Å². The molecule has 1 amide bonds. The lowest BCUT2D eigenvalue weighted by Crippen LogP contribution is -2.14. The maximum atomic E-state index is 13.0. The number of benzene rings is 1. The van der Waals surface area contributed by atoms with Crippen molar-refractivity contribution >= 4 is 28.3 Å². The predicted molar refractivity (Wildman–Crippen MR) is 58.7 cm³/mol. The van der Waals surface area contributed by atoms with Crippen molar-refractivity contribution in [2.75, 3.05) is 5.32 Å². The Labute approximate surface area is 107 Å². The molecule has 1 N–H and O–H groups in total. The molecule has 0 spiro atoms. The number of hydrogen-bond acceptors (Lipinski definition) is 7. The number of amides is 1. The summed E-state index contributed by atoms with van der Waals surface area (Å²) in [7, 11) is 0. The Morgan fingerprint density at radius 3 is 2.63 bits per heavy atom. The van der Waals surface area contributed by atoms with Crippen LogP contribution >= 0.6 is 11.5 Å². The van der Waals surface area contributed by atoms with E-state index in [-0.39, 0.29) is 5.13 Å². The summed E-state index contributed by atoms with van der Waals surface area (Å²) in [5, 5.41) is 19.4. The summed E-state index contributed by atoms with van der Waals surface area (Å²) in [5.41, 5.74) is -1.48. The Balaban J connectivity index is 2.40. The minimum absolute atomic E-state index is 0.0240. The van der Waals surface area contributed by atoms with Crippen LogP contribution in [0.5, 0.6) is 0 Å². The number of carbonyl (C=O) groups is 1. The first-order valence-electron chi connectivity index (χ1n) is 4.59. The number of nitrogens with one attached hydrogen (secondary N) is 1. The molecule has 1 heterocycles. The third kappa shape index (κ3) is 2.65. The fraction of sp³-hybridized carbons (Fsp3) is 0. The topological polar surface area (TPSA) is 111 Å². The highest BCUT2D eigenvalue weighted by Gasteiger charge is 2.24. The summed E-state index contributed by atoms with van der Waals surface area (Å²) >= 11 is 0.726. The summed E-state index contributed by atoms with van der Waals surface area (Å²) in [6.07, 6.45) is 0. The fourth-order valence-corrected chi connectivity index (χ4v) is 1.58. The Morgan fingerprint density at radius 2 is 2.05 bits per heavy atom. The average Bonchev–Trinajstić information content (AvgIpc) is 2.84. The number of nitro benzene ring substituents is 1. The number of rotatable bonds is 3. The summed E-state index contributed by atoms with van der Waals surface area (Å²) < 4.78 is 29.3. The smallest absolute Gasteiger partial charge is 0.285 e. The second-order valence-electron chi connectivity index (χ2n) is 3.16. The van der Waals surface area contributed by atoms with E-state index in [4.69, 9.17) is 0 Å². The molecule has 19 heavy (non-hydrogen) atoms. The molecule has 0 aliphatic heterocycles. The number of anilines is 1. The van der Waals surface area contributed by atoms with Crippen LogP contribution in [0.1, 0.15) is 10.4 Å². The molecular weight excluding hydrogens is 284 g/mol. The molecule has 1 aromatic heterocycles. The van der Waals surface area contributed by atoms with Crippen LogP contribution in [0.25, 0.3) is 0 Å². The normalized spacial score (nSPS) is 10.2. The van der Waals surface area contributed by atoms with Crippen LogP contribution in [0.2, 0.25) is 0 Å². The molecule has 1 aromatic carbocycles. The molecule has 0 aliphatic rings. The Morgan fingerprint density at radius 1 is 1.37 bits per heavy atom. The van der Waals surface area contributed by atoms with Crippen molar-refractivity contribution in [3.05, 3.63) is 39.4 Å². The van der Waals surface area contributed by atoms with Crippen LogP contribution in [0.15, 0.2) is 12.1 Å². The van der Waals surface area contributed by atoms with Crippen molar-refractivity contribution in [1.82, 2.24) is 14.8 Å². The largest absolute Gasteiger partial charge is 0.295 e. The Kier molecular flexibility index (Phi) is 3.37. The van der Waals surface area contributed by atoms with Gasteiger partial charge in [0.15, 0.2) is 11.6 Å². The second-order valence-corrected chi connectivity index (χ2v) is 3.89. The van der Waals surface area contributed by atoms with E-state index in [0.717, 1.165) is 11.5 Å². The number of nitro groups is 1. The van der Waals surface area contributed by atoms with Gasteiger partial charge in [0.05, 0.1) is 11.0 Å². The second kappa shape index (κ2) is 4.97. The fourth-order valence-electron chi connectivity index (χ4n) is 1.22. The highest BCUT2D eigenvalue weighted by atomic mass is 32.1. The van der Waals surface area contributed by atoms with Crippen LogP contribution in [0.4, 0.5) is 19.6 Å². The van der Waals surface area contributed by atoms with Crippen molar-refractivity contribution in [3.8, 4) is 0 Å². The zero-order chi connectivity index (χ0) is 14.0. The van der Waals surface area contributed by atoms with Crippen LogP contribution in [0.3, 0.4) is 0 Å². The number of hydrogen-bond donors (Lipinski definition) is 1. The van der Waals surface area contributed by atoms with Gasteiger partial charge in [-0.1, -0.05) is 9.59 Å². The van der Waals surface area contributed by atoms with E-state index in [9.17, 15) is 23.7 Å². The molecule has 0 saturated carbocycles. The van der Waals surface area contributed by atoms with Crippen LogP contribution in [-0.4, -0.2) is 25.6 Å². The molecule has 2 aromatic rings. The molecule has 0 aliphatic carbocycles. The molecule has 0 fully saturated rings. The molecule has 2 rings (SSSR count). The number of nitrogens with zero attached hydrogens (tertiary/aromatic N) is 4. The molecule has 0 saturated heterocycles. The number of halogens is 2. The third-order valence-corrected chi connectivity index (χ3v) is 2.51. The highest BCUT2D eigenvalue weighted by molar-refractivity contribution is 7.09.